The van der Waals surface area contributed by atoms with E-state index in [9.17, 15) is 19.5 Å². The predicted octanol–water partition coefficient (Wildman–Crippen LogP) is 0.979. The number of fused-ring (bicyclic) bond motifs is 1. The van der Waals surface area contributed by atoms with Gasteiger partial charge < -0.3 is 10.0 Å². The van der Waals surface area contributed by atoms with Crippen molar-refractivity contribution in [2.75, 3.05) is 6.61 Å². The van der Waals surface area contributed by atoms with Crippen LogP contribution in [-0.4, -0.2) is 55.4 Å². The maximum atomic E-state index is 12.8. The zero-order valence-corrected chi connectivity index (χ0v) is 17.1. The number of carbonyl (C=O) groups excluding carboxylic acids is 3. The SMILES string of the molecule is CC(C)(CO)CCc1cn(-c2ccc3c(c2)CN(C2CCC(=O)NC2=O)C3=O)nn1. The molecule has 9 heteroatoms. The lowest BCUT2D eigenvalue weighted by atomic mass is 9.88. The van der Waals surface area contributed by atoms with Crippen LogP contribution in [0.2, 0.25) is 0 Å². The molecule has 9 nitrogen and oxygen atoms in total. The van der Waals surface area contributed by atoms with Crippen molar-refractivity contribution in [3.63, 3.8) is 0 Å². The molecule has 2 N–H and O–H groups in total. The summed E-state index contributed by atoms with van der Waals surface area (Å²) in [6.07, 6.45) is 3.93. The lowest BCUT2D eigenvalue weighted by Crippen LogP contribution is -2.52. The van der Waals surface area contributed by atoms with E-state index in [0.29, 0.717) is 24.9 Å². The summed E-state index contributed by atoms with van der Waals surface area (Å²) in [4.78, 5) is 37.9. The fourth-order valence-corrected chi connectivity index (χ4v) is 3.79. The van der Waals surface area contributed by atoms with Crippen LogP contribution in [0.25, 0.3) is 5.69 Å². The molecule has 0 saturated carbocycles. The standard InChI is InChI=1S/C21H25N5O4/c1-21(2,12-27)8-7-14-11-26(24-23-14)15-3-4-16-13(9-15)10-25(20(16)30)17-5-6-18(28)22-19(17)29/h3-4,9,11,17,27H,5-8,10,12H2,1-2H3,(H,22,28,29). The van der Waals surface area contributed by atoms with Gasteiger partial charge in [0.2, 0.25) is 11.8 Å². The fraction of sp³-hybridized carbons (Fsp3) is 0.476. The van der Waals surface area contributed by atoms with Crippen LogP contribution in [0.1, 0.15) is 54.7 Å². The molecule has 1 aromatic heterocycles. The van der Waals surface area contributed by atoms with Crippen LogP contribution in [0.4, 0.5) is 0 Å². The monoisotopic (exact) mass is 411 g/mol. The third-order valence-electron chi connectivity index (χ3n) is 5.80. The van der Waals surface area contributed by atoms with E-state index < -0.39 is 11.9 Å². The summed E-state index contributed by atoms with van der Waals surface area (Å²) in [6.45, 7) is 4.44. The summed E-state index contributed by atoms with van der Waals surface area (Å²) in [5.41, 5.74) is 2.83. The molecule has 1 unspecified atom stereocenters. The zero-order chi connectivity index (χ0) is 21.5. The number of piperidine rings is 1. The summed E-state index contributed by atoms with van der Waals surface area (Å²) < 4.78 is 1.67. The number of carbonyl (C=O) groups is 3. The molecule has 1 saturated heterocycles. The van der Waals surface area contributed by atoms with Crippen molar-refractivity contribution < 1.29 is 19.5 Å². The molecule has 3 amide bonds. The van der Waals surface area contributed by atoms with E-state index in [0.717, 1.165) is 23.4 Å². The number of nitrogens with zero attached hydrogens (tertiary/aromatic N) is 4. The highest BCUT2D eigenvalue weighted by molar-refractivity contribution is 6.05. The van der Waals surface area contributed by atoms with Crippen molar-refractivity contribution in [3.05, 3.63) is 41.2 Å². The minimum atomic E-state index is -0.626. The lowest BCUT2D eigenvalue weighted by molar-refractivity contribution is -0.136. The quantitative estimate of drug-likeness (QED) is 0.685. The van der Waals surface area contributed by atoms with Crippen molar-refractivity contribution in [1.29, 1.82) is 0 Å². The number of aromatic nitrogens is 3. The normalized spacial score (nSPS) is 19.2. The highest BCUT2D eigenvalue weighted by atomic mass is 16.3. The Morgan fingerprint density at radius 2 is 2.07 bits per heavy atom. The number of hydrogen-bond donors (Lipinski definition) is 2. The number of imide groups is 1. The maximum Gasteiger partial charge on any atom is 0.255 e. The second kappa shape index (κ2) is 7.64. The Labute approximate surface area is 174 Å². The largest absolute Gasteiger partial charge is 0.396 e. The predicted molar refractivity (Wildman–Crippen MR) is 107 cm³/mol. The average molecular weight is 411 g/mol. The molecule has 158 valence electrons. The summed E-state index contributed by atoms with van der Waals surface area (Å²) in [6, 6.07) is 4.81. The average Bonchev–Trinajstić information content (AvgIpc) is 3.31. The third-order valence-corrected chi connectivity index (χ3v) is 5.80. The summed E-state index contributed by atoms with van der Waals surface area (Å²) in [5, 5.41) is 20.1. The van der Waals surface area contributed by atoms with Crippen LogP contribution in [-0.2, 0) is 22.6 Å². The van der Waals surface area contributed by atoms with Gasteiger partial charge in [-0.3, -0.25) is 19.7 Å². The lowest BCUT2D eigenvalue weighted by Gasteiger charge is -2.29. The molecule has 1 atom stereocenters. The Hall–Kier alpha value is -3.07. The molecule has 1 fully saturated rings. The van der Waals surface area contributed by atoms with Crippen molar-refractivity contribution in [2.24, 2.45) is 5.41 Å². The van der Waals surface area contributed by atoms with Gasteiger partial charge in [-0.25, -0.2) is 4.68 Å². The number of rotatable bonds is 6. The van der Waals surface area contributed by atoms with E-state index in [-0.39, 0.29) is 30.3 Å². The molecule has 1 aromatic carbocycles. The molecule has 3 heterocycles. The Bertz CT molecular complexity index is 1010. The van der Waals surface area contributed by atoms with Gasteiger partial charge in [-0.1, -0.05) is 19.1 Å². The molecular weight excluding hydrogens is 386 g/mol. The Morgan fingerprint density at radius 3 is 2.80 bits per heavy atom. The van der Waals surface area contributed by atoms with E-state index in [4.69, 9.17) is 0 Å². The smallest absolute Gasteiger partial charge is 0.255 e. The highest BCUT2D eigenvalue weighted by Crippen LogP contribution is 2.29. The van der Waals surface area contributed by atoms with E-state index in [1.54, 1.807) is 16.8 Å². The summed E-state index contributed by atoms with van der Waals surface area (Å²) in [5.74, 6) is -0.914. The Balaban J connectivity index is 1.49. The molecule has 0 aliphatic carbocycles. The van der Waals surface area contributed by atoms with Gasteiger partial charge in [0.05, 0.1) is 17.6 Å². The first kappa shape index (κ1) is 20.2. The molecule has 0 bridgehead atoms. The fourth-order valence-electron chi connectivity index (χ4n) is 3.79. The first-order chi connectivity index (χ1) is 14.3. The third kappa shape index (κ3) is 3.85. The minimum Gasteiger partial charge on any atom is -0.396 e. The zero-order valence-electron chi connectivity index (χ0n) is 17.1. The van der Waals surface area contributed by atoms with E-state index in [1.165, 1.54) is 4.90 Å². The second-order valence-electron chi connectivity index (χ2n) is 8.72. The second-order valence-corrected chi connectivity index (χ2v) is 8.72. The van der Waals surface area contributed by atoms with Crippen molar-refractivity contribution in [1.82, 2.24) is 25.2 Å². The van der Waals surface area contributed by atoms with Crippen LogP contribution in [0, 0.1) is 5.41 Å². The highest BCUT2D eigenvalue weighted by Gasteiger charge is 2.39. The van der Waals surface area contributed by atoms with Crippen molar-refractivity contribution >= 4 is 17.7 Å². The number of aliphatic hydroxyl groups is 1. The maximum absolute atomic E-state index is 12.8. The minimum absolute atomic E-state index is 0.115. The first-order valence-corrected chi connectivity index (χ1v) is 10.1. The van der Waals surface area contributed by atoms with Crippen LogP contribution in [0.5, 0.6) is 0 Å². The topological polar surface area (TPSA) is 117 Å². The molecule has 0 spiro atoms. The van der Waals surface area contributed by atoms with Crippen LogP contribution in [0.3, 0.4) is 0 Å². The van der Waals surface area contributed by atoms with Gasteiger partial charge in [-0.15, -0.1) is 5.10 Å². The molecule has 30 heavy (non-hydrogen) atoms. The molecule has 2 aliphatic rings. The van der Waals surface area contributed by atoms with Crippen LogP contribution >= 0.6 is 0 Å². The number of benzene rings is 1. The van der Waals surface area contributed by atoms with Crippen LogP contribution in [0.15, 0.2) is 24.4 Å². The summed E-state index contributed by atoms with van der Waals surface area (Å²) >= 11 is 0. The number of amides is 3. The molecule has 4 rings (SSSR count). The van der Waals surface area contributed by atoms with Gasteiger partial charge in [0.25, 0.3) is 5.91 Å². The van der Waals surface area contributed by atoms with Crippen molar-refractivity contribution in [2.45, 2.75) is 52.1 Å². The van der Waals surface area contributed by atoms with E-state index in [2.05, 4.69) is 15.6 Å². The van der Waals surface area contributed by atoms with Gasteiger partial charge in [0.15, 0.2) is 0 Å². The van der Waals surface area contributed by atoms with Gasteiger partial charge in [0, 0.05) is 25.1 Å². The van der Waals surface area contributed by atoms with E-state index in [1.807, 2.05) is 26.1 Å². The van der Waals surface area contributed by atoms with Gasteiger partial charge in [-0.2, -0.15) is 0 Å². The van der Waals surface area contributed by atoms with Crippen molar-refractivity contribution in [3.8, 4) is 5.69 Å². The van der Waals surface area contributed by atoms with E-state index >= 15 is 0 Å². The number of aryl methyl sites for hydroxylation is 1. The van der Waals surface area contributed by atoms with Gasteiger partial charge in [-0.05, 0) is 48.4 Å². The Kier molecular flexibility index (Phi) is 5.15. The molecule has 2 aromatic rings. The number of hydrogen-bond acceptors (Lipinski definition) is 6. The molecule has 0 radical (unpaired) electrons. The number of aliphatic hydroxyl groups excluding tert-OH is 1. The molecule has 2 aliphatic heterocycles. The van der Waals surface area contributed by atoms with Gasteiger partial charge >= 0.3 is 0 Å². The molecular formula is C21H25N5O4. The van der Waals surface area contributed by atoms with Gasteiger partial charge in [0.1, 0.15) is 6.04 Å². The first-order valence-electron chi connectivity index (χ1n) is 10.1. The number of nitrogens with one attached hydrogen (secondary N) is 1. The Morgan fingerprint density at radius 1 is 1.27 bits per heavy atom. The summed E-state index contributed by atoms with van der Waals surface area (Å²) in [7, 11) is 0. The van der Waals surface area contributed by atoms with Crippen LogP contribution < -0.4 is 5.32 Å².